The number of hydrogen-bond acceptors (Lipinski definition) is 3. The highest BCUT2D eigenvalue weighted by molar-refractivity contribution is 7.16. The average molecular weight is 245 g/mol. The van der Waals surface area contributed by atoms with Gasteiger partial charge in [0.2, 0.25) is 0 Å². The molecule has 1 aliphatic rings. The van der Waals surface area contributed by atoms with E-state index in [-0.39, 0.29) is 0 Å². The number of likely N-dealkylation sites (tertiary alicyclic amines) is 1. The van der Waals surface area contributed by atoms with Gasteiger partial charge in [-0.2, -0.15) is 0 Å². The van der Waals surface area contributed by atoms with Crippen molar-refractivity contribution in [1.29, 1.82) is 0 Å². The highest BCUT2D eigenvalue weighted by Crippen LogP contribution is 2.31. The van der Waals surface area contributed by atoms with Gasteiger partial charge in [-0.25, -0.2) is 0 Å². The fourth-order valence-electron chi connectivity index (χ4n) is 2.18. The third kappa shape index (κ3) is 2.72. The van der Waals surface area contributed by atoms with Crippen molar-refractivity contribution >= 4 is 22.9 Å². The van der Waals surface area contributed by atoms with Gasteiger partial charge in [-0.15, -0.1) is 11.3 Å². The Hall–Kier alpha value is -0.0900. The van der Waals surface area contributed by atoms with Crippen LogP contribution in [-0.2, 0) is 0 Å². The number of nitrogens with two attached hydrogens (primary N) is 1. The molecule has 1 fully saturated rings. The van der Waals surface area contributed by atoms with E-state index in [1.807, 2.05) is 6.07 Å². The van der Waals surface area contributed by atoms with Crippen LogP contribution >= 0.6 is 22.9 Å². The lowest BCUT2D eigenvalue weighted by Gasteiger charge is -2.33. The molecule has 0 amide bonds. The minimum Gasteiger partial charge on any atom is -0.329 e. The van der Waals surface area contributed by atoms with Crippen LogP contribution in [0.1, 0.15) is 30.2 Å². The van der Waals surface area contributed by atoms with Crippen molar-refractivity contribution in [1.82, 2.24) is 4.90 Å². The van der Waals surface area contributed by atoms with Crippen molar-refractivity contribution in [3.63, 3.8) is 0 Å². The molecule has 4 heteroatoms. The monoisotopic (exact) mass is 244 g/mol. The second-order valence-electron chi connectivity index (χ2n) is 3.99. The molecule has 1 aromatic rings. The second-order valence-corrected chi connectivity index (χ2v) is 5.74. The predicted octanol–water partition coefficient (Wildman–Crippen LogP) is 2.89. The molecule has 1 atom stereocenters. The summed E-state index contributed by atoms with van der Waals surface area (Å²) in [5.41, 5.74) is 5.87. The van der Waals surface area contributed by atoms with E-state index >= 15 is 0 Å². The molecule has 15 heavy (non-hydrogen) atoms. The lowest BCUT2D eigenvalue weighted by Crippen LogP contribution is -2.37. The molecular formula is C11H17ClN2S. The largest absolute Gasteiger partial charge is 0.329 e. The third-order valence-electron chi connectivity index (χ3n) is 2.98. The number of rotatable bonds is 3. The van der Waals surface area contributed by atoms with Crippen molar-refractivity contribution in [2.24, 2.45) is 5.73 Å². The summed E-state index contributed by atoms with van der Waals surface area (Å²) in [6.07, 6.45) is 3.96. The van der Waals surface area contributed by atoms with Crippen LogP contribution in [-0.4, -0.2) is 24.5 Å². The molecular weight excluding hydrogens is 228 g/mol. The maximum Gasteiger partial charge on any atom is 0.0931 e. The maximum absolute atomic E-state index is 5.96. The number of piperidine rings is 1. The minimum atomic E-state index is 0.378. The van der Waals surface area contributed by atoms with Gasteiger partial charge in [0, 0.05) is 11.4 Å². The maximum atomic E-state index is 5.96. The third-order valence-corrected chi connectivity index (χ3v) is 4.31. The van der Waals surface area contributed by atoms with Gasteiger partial charge < -0.3 is 5.73 Å². The average Bonchev–Trinajstić information content (AvgIpc) is 2.68. The Labute approximate surface area is 100 Å². The van der Waals surface area contributed by atoms with Gasteiger partial charge in [0.05, 0.1) is 10.4 Å². The van der Waals surface area contributed by atoms with Crippen molar-refractivity contribution in [3.8, 4) is 0 Å². The standard InChI is InChI=1S/C11H17ClN2S/c12-11-5-4-10(15-11)9(8-13)14-6-2-1-3-7-14/h4-5,9H,1-3,6-8,13H2. The summed E-state index contributed by atoms with van der Waals surface area (Å²) < 4.78 is 0.862. The molecule has 1 saturated heterocycles. The molecule has 2 nitrogen and oxygen atoms in total. The van der Waals surface area contributed by atoms with Gasteiger partial charge >= 0.3 is 0 Å². The fraction of sp³-hybridized carbons (Fsp3) is 0.636. The smallest absolute Gasteiger partial charge is 0.0931 e. The van der Waals surface area contributed by atoms with Crippen LogP contribution in [0, 0.1) is 0 Å². The summed E-state index contributed by atoms with van der Waals surface area (Å²) in [5.74, 6) is 0. The zero-order chi connectivity index (χ0) is 10.7. The molecule has 0 radical (unpaired) electrons. The summed E-state index contributed by atoms with van der Waals surface area (Å²) in [6, 6.07) is 4.45. The van der Waals surface area contributed by atoms with Crippen LogP contribution in [0.5, 0.6) is 0 Å². The van der Waals surface area contributed by atoms with E-state index in [4.69, 9.17) is 17.3 Å². The molecule has 0 aromatic carbocycles. The van der Waals surface area contributed by atoms with E-state index in [1.54, 1.807) is 11.3 Å². The van der Waals surface area contributed by atoms with Gasteiger partial charge in [-0.1, -0.05) is 18.0 Å². The molecule has 2 heterocycles. The molecule has 0 saturated carbocycles. The Kier molecular flexibility index (Phi) is 4.03. The van der Waals surface area contributed by atoms with E-state index in [0.717, 1.165) is 4.34 Å². The predicted molar refractivity (Wildman–Crippen MR) is 66.5 cm³/mol. The van der Waals surface area contributed by atoms with Crippen molar-refractivity contribution in [3.05, 3.63) is 21.3 Å². The first-order chi connectivity index (χ1) is 7.31. The van der Waals surface area contributed by atoms with Crippen molar-refractivity contribution < 1.29 is 0 Å². The molecule has 1 aromatic heterocycles. The SMILES string of the molecule is NCC(c1ccc(Cl)s1)N1CCCCC1. The Morgan fingerprint density at radius 3 is 2.60 bits per heavy atom. The Morgan fingerprint density at radius 1 is 1.33 bits per heavy atom. The summed E-state index contributed by atoms with van der Waals surface area (Å²) >= 11 is 7.62. The first kappa shape index (κ1) is 11.4. The molecule has 1 aliphatic heterocycles. The van der Waals surface area contributed by atoms with Crippen LogP contribution in [0.25, 0.3) is 0 Å². The molecule has 0 spiro atoms. The Bertz CT molecular complexity index is 307. The number of halogens is 1. The highest BCUT2D eigenvalue weighted by atomic mass is 35.5. The molecule has 2 rings (SSSR count). The van der Waals surface area contributed by atoms with Gasteiger partial charge in [0.1, 0.15) is 0 Å². The summed E-state index contributed by atoms with van der Waals surface area (Å²) in [4.78, 5) is 3.80. The summed E-state index contributed by atoms with van der Waals surface area (Å²) in [6.45, 7) is 3.05. The Balaban J connectivity index is 2.08. The lowest BCUT2D eigenvalue weighted by molar-refractivity contribution is 0.170. The van der Waals surface area contributed by atoms with E-state index < -0.39 is 0 Å². The van der Waals surface area contributed by atoms with Crippen LogP contribution in [0.2, 0.25) is 4.34 Å². The van der Waals surface area contributed by atoms with E-state index in [1.165, 1.54) is 37.2 Å². The summed E-state index contributed by atoms with van der Waals surface area (Å²) in [7, 11) is 0. The van der Waals surface area contributed by atoms with Crippen molar-refractivity contribution in [2.75, 3.05) is 19.6 Å². The highest BCUT2D eigenvalue weighted by Gasteiger charge is 2.21. The summed E-state index contributed by atoms with van der Waals surface area (Å²) in [5, 5.41) is 0. The van der Waals surface area contributed by atoms with Gasteiger partial charge in [-0.05, 0) is 38.1 Å². The zero-order valence-electron chi connectivity index (χ0n) is 8.79. The van der Waals surface area contributed by atoms with Gasteiger partial charge in [-0.3, -0.25) is 4.90 Å². The van der Waals surface area contributed by atoms with Crippen LogP contribution < -0.4 is 5.73 Å². The first-order valence-electron chi connectivity index (χ1n) is 5.50. The van der Waals surface area contributed by atoms with E-state index in [0.29, 0.717) is 12.6 Å². The molecule has 1 unspecified atom stereocenters. The van der Waals surface area contributed by atoms with Gasteiger partial charge in [0.15, 0.2) is 0 Å². The fourth-order valence-corrected chi connectivity index (χ4v) is 3.39. The second kappa shape index (κ2) is 5.30. The van der Waals surface area contributed by atoms with Gasteiger partial charge in [0.25, 0.3) is 0 Å². The molecule has 0 aliphatic carbocycles. The van der Waals surface area contributed by atoms with E-state index in [9.17, 15) is 0 Å². The van der Waals surface area contributed by atoms with Crippen LogP contribution in [0.15, 0.2) is 12.1 Å². The normalized spacial score (nSPS) is 20.4. The minimum absolute atomic E-state index is 0.378. The number of thiophene rings is 1. The van der Waals surface area contributed by atoms with Crippen molar-refractivity contribution in [2.45, 2.75) is 25.3 Å². The first-order valence-corrected chi connectivity index (χ1v) is 6.70. The molecule has 84 valence electrons. The van der Waals surface area contributed by atoms with E-state index in [2.05, 4.69) is 11.0 Å². The molecule has 2 N–H and O–H groups in total. The number of hydrogen-bond donors (Lipinski definition) is 1. The number of nitrogens with zero attached hydrogens (tertiary/aromatic N) is 1. The molecule has 0 bridgehead atoms. The van der Waals surface area contributed by atoms with Crippen LogP contribution in [0.4, 0.5) is 0 Å². The van der Waals surface area contributed by atoms with Crippen LogP contribution in [0.3, 0.4) is 0 Å². The zero-order valence-corrected chi connectivity index (χ0v) is 10.4. The quantitative estimate of drug-likeness (QED) is 0.886. The topological polar surface area (TPSA) is 29.3 Å². The lowest BCUT2D eigenvalue weighted by atomic mass is 10.1. The Morgan fingerprint density at radius 2 is 2.07 bits per heavy atom.